The Morgan fingerprint density at radius 2 is 2.23 bits per heavy atom. The van der Waals surface area contributed by atoms with Crippen molar-refractivity contribution in [2.45, 2.75) is 6.42 Å². The zero-order valence-corrected chi connectivity index (χ0v) is 7.62. The summed E-state index contributed by atoms with van der Waals surface area (Å²) in [6.45, 7) is 3.68. The summed E-state index contributed by atoms with van der Waals surface area (Å²) in [5.41, 5.74) is 0. The van der Waals surface area contributed by atoms with Crippen LogP contribution in [-0.4, -0.2) is 42.1 Å². The van der Waals surface area contributed by atoms with E-state index in [1.54, 1.807) is 6.08 Å². The van der Waals surface area contributed by atoms with Crippen LogP contribution in [0.2, 0.25) is 0 Å². The Labute approximate surface area is 77.0 Å². The molecule has 0 aromatic carbocycles. The van der Waals surface area contributed by atoms with E-state index in [4.69, 9.17) is 5.11 Å². The largest absolute Gasteiger partial charge is 0.480 e. The summed E-state index contributed by atoms with van der Waals surface area (Å²) in [6, 6.07) is -0.385. The first-order chi connectivity index (χ1) is 6.07. The van der Waals surface area contributed by atoms with Gasteiger partial charge in [-0.3, -0.25) is 4.79 Å². The monoisotopic (exact) mass is 186 g/mol. The van der Waals surface area contributed by atoms with Crippen molar-refractivity contribution >= 4 is 12.0 Å². The van der Waals surface area contributed by atoms with E-state index in [1.807, 2.05) is 0 Å². The van der Waals surface area contributed by atoms with Crippen molar-refractivity contribution in [3.63, 3.8) is 0 Å². The van der Waals surface area contributed by atoms with E-state index in [-0.39, 0.29) is 12.6 Å². The molecule has 5 nitrogen and oxygen atoms in total. The highest BCUT2D eigenvalue weighted by Gasteiger charge is 2.09. The smallest absolute Gasteiger partial charge is 0.323 e. The van der Waals surface area contributed by atoms with Gasteiger partial charge in [0.05, 0.1) is 0 Å². The second kappa shape index (κ2) is 6.05. The highest BCUT2D eigenvalue weighted by Crippen LogP contribution is 1.84. The summed E-state index contributed by atoms with van der Waals surface area (Å²) in [4.78, 5) is 22.4. The van der Waals surface area contributed by atoms with E-state index in [9.17, 15) is 9.59 Å². The van der Waals surface area contributed by atoms with Crippen molar-refractivity contribution in [2.75, 3.05) is 20.1 Å². The van der Waals surface area contributed by atoms with Gasteiger partial charge in [0, 0.05) is 13.6 Å². The first kappa shape index (κ1) is 11.5. The van der Waals surface area contributed by atoms with Gasteiger partial charge in [0.2, 0.25) is 0 Å². The normalized spacial score (nSPS) is 9.00. The van der Waals surface area contributed by atoms with Crippen LogP contribution in [0.1, 0.15) is 6.42 Å². The molecule has 2 amide bonds. The second-order valence-corrected chi connectivity index (χ2v) is 2.56. The van der Waals surface area contributed by atoms with Gasteiger partial charge in [-0.15, -0.1) is 6.58 Å². The van der Waals surface area contributed by atoms with Gasteiger partial charge in [-0.25, -0.2) is 4.79 Å². The van der Waals surface area contributed by atoms with Gasteiger partial charge in [0.15, 0.2) is 0 Å². The average molecular weight is 186 g/mol. The number of rotatable bonds is 5. The highest BCUT2D eigenvalue weighted by atomic mass is 16.4. The van der Waals surface area contributed by atoms with Gasteiger partial charge in [0.1, 0.15) is 6.54 Å². The summed E-state index contributed by atoms with van der Waals surface area (Å²) < 4.78 is 0. The molecule has 13 heavy (non-hydrogen) atoms. The van der Waals surface area contributed by atoms with Crippen LogP contribution in [0.25, 0.3) is 0 Å². The average Bonchev–Trinajstić information content (AvgIpc) is 2.03. The van der Waals surface area contributed by atoms with Crippen LogP contribution in [-0.2, 0) is 4.79 Å². The number of amides is 2. The second-order valence-electron chi connectivity index (χ2n) is 2.56. The summed E-state index contributed by atoms with van der Waals surface area (Å²) >= 11 is 0. The number of nitrogens with zero attached hydrogens (tertiary/aromatic N) is 1. The predicted octanol–water partition coefficient (Wildman–Crippen LogP) is 0.288. The van der Waals surface area contributed by atoms with Gasteiger partial charge in [-0.05, 0) is 6.42 Å². The fraction of sp³-hybridized carbons (Fsp3) is 0.500. The Kier molecular flexibility index (Phi) is 5.34. The van der Waals surface area contributed by atoms with Crippen LogP contribution in [0, 0.1) is 0 Å². The first-order valence-corrected chi connectivity index (χ1v) is 3.89. The quantitative estimate of drug-likeness (QED) is 0.479. The van der Waals surface area contributed by atoms with Crippen molar-refractivity contribution in [1.29, 1.82) is 0 Å². The minimum absolute atomic E-state index is 0.292. The van der Waals surface area contributed by atoms with Crippen molar-refractivity contribution in [3.05, 3.63) is 12.7 Å². The standard InChI is InChI=1S/C8H14N2O3/c1-3-4-5-9-8(13)10(2)6-7(11)12/h3H,1,4-6H2,2H3,(H,9,13)(H,11,12). The maximum absolute atomic E-state index is 11.1. The number of urea groups is 1. The van der Waals surface area contributed by atoms with Gasteiger partial charge < -0.3 is 15.3 Å². The highest BCUT2D eigenvalue weighted by molar-refractivity contribution is 5.79. The van der Waals surface area contributed by atoms with E-state index >= 15 is 0 Å². The van der Waals surface area contributed by atoms with Crippen molar-refractivity contribution < 1.29 is 14.7 Å². The van der Waals surface area contributed by atoms with Crippen molar-refractivity contribution in [1.82, 2.24) is 10.2 Å². The number of hydrogen-bond acceptors (Lipinski definition) is 2. The number of carbonyl (C=O) groups is 2. The number of aliphatic carboxylic acids is 1. The fourth-order valence-electron chi connectivity index (χ4n) is 0.691. The number of carbonyl (C=O) groups excluding carboxylic acids is 1. The number of likely N-dealkylation sites (N-methyl/N-ethyl adjacent to an activating group) is 1. The molecule has 0 aliphatic carbocycles. The summed E-state index contributed by atoms with van der Waals surface area (Å²) in [6.07, 6.45) is 2.35. The molecule has 74 valence electrons. The topological polar surface area (TPSA) is 69.6 Å². The number of carboxylic acid groups (broad SMARTS) is 1. The van der Waals surface area contributed by atoms with Gasteiger partial charge in [-0.2, -0.15) is 0 Å². The molecule has 0 saturated carbocycles. The summed E-state index contributed by atoms with van der Waals surface area (Å²) in [5, 5.41) is 10.9. The molecule has 0 spiro atoms. The lowest BCUT2D eigenvalue weighted by atomic mass is 10.4. The van der Waals surface area contributed by atoms with Gasteiger partial charge in [-0.1, -0.05) is 6.08 Å². The maximum Gasteiger partial charge on any atom is 0.323 e. The molecule has 0 atom stereocenters. The third kappa shape index (κ3) is 5.72. The molecule has 5 heteroatoms. The number of nitrogens with one attached hydrogen (secondary N) is 1. The molecule has 0 bridgehead atoms. The first-order valence-electron chi connectivity index (χ1n) is 3.89. The Hall–Kier alpha value is -1.52. The maximum atomic E-state index is 11.1. The Morgan fingerprint density at radius 1 is 1.62 bits per heavy atom. The molecule has 0 aliphatic rings. The molecular weight excluding hydrogens is 172 g/mol. The van der Waals surface area contributed by atoms with E-state index < -0.39 is 5.97 Å². The molecule has 0 rings (SSSR count). The lowest BCUT2D eigenvalue weighted by Gasteiger charge is -2.14. The van der Waals surface area contributed by atoms with Gasteiger partial charge >= 0.3 is 12.0 Å². The van der Waals surface area contributed by atoms with E-state index in [0.717, 1.165) is 4.90 Å². The minimum atomic E-state index is -1.03. The summed E-state index contributed by atoms with van der Waals surface area (Å²) in [5.74, 6) is -1.03. The van der Waals surface area contributed by atoms with Crippen LogP contribution >= 0.6 is 0 Å². The Morgan fingerprint density at radius 3 is 2.69 bits per heavy atom. The van der Waals surface area contributed by atoms with Crippen molar-refractivity contribution in [3.8, 4) is 0 Å². The molecule has 0 radical (unpaired) electrons. The van der Waals surface area contributed by atoms with Crippen LogP contribution in [0.3, 0.4) is 0 Å². The molecule has 0 fully saturated rings. The van der Waals surface area contributed by atoms with Crippen LogP contribution in [0.5, 0.6) is 0 Å². The van der Waals surface area contributed by atoms with Crippen LogP contribution < -0.4 is 5.32 Å². The Balaban J connectivity index is 3.69. The number of hydrogen-bond donors (Lipinski definition) is 2. The zero-order valence-electron chi connectivity index (χ0n) is 7.62. The number of carboxylic acids is 1. The third-order valence-corrected chi connectivity index (χ3v) is 1.34. The van der Waals surface area contributed by atoms with Crippen LogP contribution in [0.4, 0.5) is 4.79 Å². The van der Waals surface area contributed by atoms with Gasteiger partial charge in [0.25, 0.3) is 0 Å². The lowest BCUT2D eigenvalue weighted by molar-refractivity contribution is -0.137. The van der Waals surface area contributed by atoms with E-state index in [2.05, 4.69) is 11.9 Å². The molecular formula is C8H14N2O3. The van der Waals surface area contributed by atoms with Crippen LogP contribution in [0.15, 0.2) is 12.7 Å². The Bertz CT molecular complexity index is 204. The van der Waals surface area contributed by atoms with E-state index in [0.29, 0.717) is 13.0 Å². The van der Waals surface area contributed by atoms with E-state index in [1.165, 1.54) is 7.05 Å². The molecule has 2 N–H and O–H groups in total. The molecule has 0 aliphatic heterocycles. The molecule has 0 unspecified atom stereocenters. The third-order valence-electron chi connectivity index (χ3n) is 1.34. The SMILES string of the molecule is C=CCCNC(=O)N(C)CC(=O)O. The molecule has 0 heterocycles. The molecule has 0 saturated heterocycles. The minimum Gasteiger partial charge on any atom is -0.480 e. The zero-order chi connectivity index (χ0) is 10.3. The summed E-state index contributed by atoms with van der Waals surface area (Å²) in [7, 11) is 1.43. The fourth-order valence-corrected chi connectivity index (χ4v) is 0.691. The molecule has 0 aromatic rings. The predicted molar refractivity (Wildman–Crippen MR) is 48.5 cm³/mol. The lowest BCUT2D eigenvalue weighted by Crippen LogP contribution is -2.40. The molecule has 0 aromatic heterocycles. The van der Waals surface area contributed by atoms with Crippen molar-refractivity contribution in [2.24, 2.45) is 0 Å².